The Morgan fingerprint density at radius 1 is 1.38 bits per heavy atom. The highest BCUT2D eigenvalue weighted by Gasteiger charge is 2.35. The summed E-state index contributed by atoms with van der Waals surface area (Å²) in [5, 5.41) is 8.60. The number of nitrogens with zero attached hydrogens (tertiary/aromatic N) is 3. The molecule has 1 atom stereocenters. The Hall–Kier alpha value is -0.890. The normalized spacial score (nSPS) is 14.2. The van der Waals surface area contributed by atoms with E-state index in [9.17, 15) is 13.2 Å². The van der Waals surface area contributed by atoms with Crippen LogP contribution >= 0.6 is 11.3 Å². The molecular weight excluding hydrogens is 241 g/mol. The fourth-order valence-corrected chi connectivity index (χ4v) is 1.44. The summed E-state index contributed by atoms with van der Waals surface area (Å²) in [6.07, 6.45) is -4.41. The lowest BCUT2D eigenvalue weighted by Crippen LogP contribution is -2.31. The van der Waals surface area contributed by atoms with Gasteiger partial charge in [-0.1, -0.05) is 11.3 Å². The van der Waals surface area contributed by atoms with Crippen LogP contribution in [-0.4, -0.2) is 41.8 Å². The summed E-state index contributed by atoms with van der Waals surface area (Å²) in [5.74, 6) is 0. The second-order valence-electron chi connectivity index (χ2n) is 3.60. The molecule has 0 bridgehead atoms. The maximum absolute atomic E-state index is 12.2. The molecule has 0 aliphatic rings. The van der Waals surface area contributed by atoms with E-state index in [4.69, 9.17) is 0 Å². The van der Waals surface area contributed by atoms with Crippen LogP contribution in [0.3, 0.4) is 0 Å². The molecule has 0 saturated carbocycles. The first-order valence-electron chi connectivity index (χ1n) is 4.61. The lowest BCUT2D eigenvalue weighted by molar-refractivity contribution is -0.138. The molecular formula is C8H13F3N4S. The van der Waals surface area contributed by atoms with Crippen molar-refractivity contribution in [1.29, 1.82) is 0 Å². The van der Waals surface area contributed by atoms with Crippen LogP contribution in [0, 0.1) is 0 Å². The highest BCUT2D eigenvalue weighted by atomic mass is 32.1. The molecule has 1 aromatic rings. The Kier molecular flexibility index (Phi) is 4.09. The van der Waals surface area contributed by atoms with Gasteiger partial charge in [0.25, 0.3) is 0 Å². The van der Waals surface area contributed by atoms with Crippen LogP contribution in [0.2, 0.25) is 0 Å². The highest BCUT2D eigenvalue weighted by Crippen LogP contribution is 2.32. The summed E-state index contributed by atoms with van der Waals surface area (Å²) in [6.45, 7) is 2.48. The Balaban J connectivity index is 2.53. The van der Waals surface area contributed by atoms with Crippen molar-refractivity contribution in [2.45, 2.75) is 19.1 Å². The minimum absolute atomic E-state index is 0.195. The molecule has 0 aliphatic heterocycles. The lowest BCUT2D eigenvalue weighted by atomic mass is 10.3. The maximum Gasteiger partial charge on any atom is 0.445 e. The topological polar surface area (TPSA) is 41.1 Å². The zero-order valence-corrected chi connectivity index (χ0v) is 9.98. The molecule has 0 aliphatic carbocycles. The van der Waals surface area contributed by atoms with Gasteiger partial charge in [0.2, 0.25) is 10.1 Å². The molecule has 1 heterocycles. The van der Waals surface area contributed by atoms with Gasteiger partial charge in [0, 0.05) is 12.6 Å². The minimum Gasteiger partial charge on any atom is -0.359 e. The summed E-state index contributed by atoms with van der Waals surface area (Å²) >= 11 is 0.517. The number of anilines is 1. The second kappa shape index (κ2) is 4.96. The van der Waals surface area contributed by atoms with Crippen LogP contribution in [0.15, 0.2) is 0 Å². The number of hydrogen-bond donors (Lipinski definition) is 1. The number of nitrogens with one attached hydrogen (secondary N) is 1. The Bertz CT molecular complexity index is 336. The average Bonchev–Trinajstić information content (AvgIpc) is 2.61. The monoisotopic (exact) mass is 254 g/mol. The molecule has 0 fully saturated rings. The van der Waals surface area contributed by atoms with Crippen molar-refractivity contribution >= 4 is 16.5 Å². The zero-order valence-electron chi connectivity index (χ0n) is 9.17. The summed E-state index contributed by atoms with van der Waals surface area (Å²) in [7, 11) is 3.79. The number of aromatic nitrogens is 2. The van der Waals surface area contributed by atoms with Gasteiger partial charge in [0.05, 0.1) is 0 Å². The molecule has 0 saturated heterocycles. The van der Waals surface area contributed by atoms with Crippen molar-refractivity contribution in [3.05, 3.63) is 5.01 Å². The van der Waals surface area contributed by atoms with E-state index in [-0.39, 0.29) is 11.2 Å². The predicted molar refractivity (Wildman–Crippen MR) is 56.5 cm³/mol. The van der Waals surface area contributed by atoms with E-state index in [1.54, 1.807) is 0 Å². The van der Waals surface area contributed by atoms with Gasteiger partial charge in [-0.05, 0) is 21.0 Å². The average molecular weight is 254 g/mol. The Labute approximate surface area is 95.5 Å². The number of halogens is 3. The Morgan fingerprint density at radius 2 is 2.00 bits per heavy atom. The first-order chi connectivity index (χ1) is 7.30. The molecule has 0 radical (unpaired) electrons. The van der Waals surface area contributed by atoms with E-state index in [1.807, 2.05) is 25.9 Å². The molecule has 0 spiro atoms. The predicted octanol–water partition coefficient (Wildman–Crippen LogP) is 1.92. The molecule has 0 aromatic carbocycles. The van der Waals surface area contributed by atoms with E-state index in [0.29, 0.717) is 17.9 Å². The molecule has 4 nitrogen and oxygen atoms in total. The van der Waals surface area contributed by atoms with Gasteiger partial charge >= 0.3 is 6.18 Å². The summed E-state index contributed by atoms with van der Waals surface area (Å²) in [6, 6.07) is 0.207. The number of hydrogen-bond acceptors (Lipinski definition) is 5. The number of rotatable bonds is 4. The quantitative estimate of drug-likeness (QED) is 0.891. The van der Waals surface area contributed by atoms with Gasteiger partial charge in [-0.25, -0.2) is 0 Å². The van der Waals surface area contributed by atoms with Gasteiger partial charge in [0.15, 0.2) is 0 Å². The van der Waals surface area contributed by atoms with Gasteiger partial charge in [-0.3, -0.25) is 0 Å². The van der Waals surface area contributed by atoms with E-state index < -0.39 is 11.2 Å². The third kappa shape index (κ3) is 3.60. The summed E-state index contributed by atoms with van der Waals surface area (Å²) in [5.41, 5.74) is 0. The minimum atomic E-state index is -4.41. The second-order valence-corrected chi connectivity index (χ2v) is 4.58. The third-order valence-corrected chi connectivity index (χ3v) is 3.02. The van der Waals surface area contributed by atoms with E-state index >= 15 is 0 Å². The molecule has 1 rings (SSSR count). The van der Waals surface area contributed by atoms with Crippen molar-refractivity contribution in [1.82, 2.24) is 15.1 Å². The van der Waals surface area contributed by atoms with Crippen molar-refractivity contribution in [3.8, 4) is 0 Å². The van der Waals surface area contributed by atoms with Crippen LogP contribution in [-0.2, 0) is 6.18 Å². The van der Waals surface area contributed by atoms with Gasteiger partial charge < -0.3 is 10.2 Å². The molecule has 1 N–H and O–H groups in total. The van der Waals surface area contributed by atoms with Gasteiger partial charge in [-0.15, -0.1) is 10.2 Å². The third-order valence-electron chi connectivity index (χ3n) is 2.10. The van der Waals surface area contributed by atoms with Crippen LogP contribution in [0.1, 0.15) is 11.9 Å². The standard InChI is InChI=1S/C8H13F3N4S/c1-5(15(2)3)4-12-7-14-13-6(16-7)8(9,10)11/h5H,4H2,1-3H3,(H,12,14). The molecule has 92 valence electrons. The van der Waals surface area contributed by atoms with Gasteiger partial charge in [0.1, 0.15) is 0 Å². The van der Waals surface area contributed by atoms with Crippen molar-refractivity contribution in [2.24, 2.45) is 0 Å². The van der Waals surface area contributed by atoms with E-state index in [0.717, 1.165) is 0 Å². The van der Waals surface area contributed by atoms with Crippen molar-refractivity contribution < 1.29 is 13.2 Å². The smallest absolute Gasteiger partial charge is 0.359 e. The van der Waals surface area contributed by atoms with Crippen LogP contribution in [0.25, 0.3) is 0 Å². The van der Waals surface area contributed by atoms with Crippen molar-refractivity contribution in [3.63, 3.8) is 0 Å². The Morgan fingerprint density at radius 3 is 2.44 bits per heavy atom. The lowest BCUT2D eigenvalue weighted by Gasteiger charge is -2.19. The molecule has 1 unspecified atom stereocenters. The van der Waals surface area contributed by atoms with Crippen LogP contribution in [0.5, 0.6) is 0 Å². The number of likely N-dealkylation sites (N-methyl/N-ethyl adjacent to an activating group) is 1. The first-order valence-corrected chi connectivity index (χ1v) is 5.43. The summed E-state index contributed by atoms with van der Waals surface area (Å²) < 4.78 is 36.6. The van der Waals surface area contributed by atoms with Crippen LogP contribution < -0.4 is 5.32 Å². The molecule has 0 amide bonds. The summed E-state index contributed by atoms with van der Waals surface area (Å²) in [4.78, 5) is 1.96. The molecule has 1 aromatic heterocycles. The van der Waals surface area contributed by atoms with Gasteiger partial charge in [-0.2, -0.15) is 13.2 Å². The maximum atomic E-state index is 12.2. The van der Waals surface area contributed by atoms with Crippen molar-refractivity contribution in [2.75, 3.05) is 26.0 Å². The number of alkyl halides is 3. The zero-order chi connectivity index (χ0) is 12.3. The fourth-order valence-electron chi connectivity index (χ4n) is 0.827. The van der Waals surface area contributed by atoms with E-state index in [2.05, 4.69) is 15.5 Å². The fraction of sp³-hybridized carbons (Fsp3) is 0.750. The largest absolute Gasteiger partial charge is 0.445 e. The first kappa shape index (κ1) is 13.2. The molecule has 8 heteroatoms. The SMILES string of the molecule is CC(CNc1nnc(C(F)(F)F)s1)N(C)C. The highest BCUT2D eigenvalue weighted by molar-refractivity contribution is 7.15. The van der Waals surface area contributed by atoms with E-state index in [1.165, 1.54) is 0 Å². The molecule has 16 heavy (non-hydrogen) atoms. The van der Waals surface area contributed by atoms with Crippen LogP contribution in [0.4, 0.5) is 18.3 Å².